The lowest BCUT2D eigenvalue weighted by Crippen LogP contribution is -2.13. The normalized spacial score (nSPS) is 17.5. The van der Waals surface area contributed by atoms with Gasteiger partial charge in [0.25, 0.3) is 0 Å². The molecule has 2 N–H and O–H groups in total. The van der Waals surface area contributed by atoms with E-state index in [0.29, 0.717) is 11.0 Å². The van der Waals surface area contributed by atoms with E-state index in [-0.39, 0.29) is 0 Å². The Balaban J connectivity index is 2.51. The smallest absolute Gasteiger partial charge is 0.220 e. The fourth-order valence-corrected chi connectivity index (χ4v) is 2.19. The third-order valence-electron chi connectivity index (χ3n) is 2.45. The zero-order valence-electron chi connectivity index (χ0n) is 8.12. The Morgan fingerprint density at radius 2 is 2.00 bits per heavy atom. The Morgan fingerprint density at radius 3 is 2.71 bits per heavy atom. The second kappa shape index (κ2) is 3.65. The van der Waals surface area contributed by atoms with Crippen LogP contribution in [0.15, 0.2) is 5.16 Å². The molecule has 1 aromatic rings. The molecule has 1 atom stereocenters. The maximum Gasteiger partial charge on any atom is 0.220 e. The van der Waals surface area contributed by atoms with E-state index in [0.717, 1.165) is 36.9 Å². The number of fused-ring (bicyclic) bond motifs is 1. The first-order valence-corrected chi connectivity index (χ1v) is 6.23. The molecule has 0 bridgehead atoms. The second-order valence-corrected chi connectivity index (χ2v) is 4.75. The molecule has 14 heavy (non-hydrogen) atoms. The summed E-state index contributed by atoms with van der Waals surface area (Å²) in [6, 6.07) is 0. The number of hydrogen-bond donors (Lipinski definition) is 1. The van der Waals surface area contributed by atoms with Gasteiger partial charge in [0.1, 0.15) is 5.82 Å². The monoisotopic (exact) mass is 211 g/mol. The van der Waals surface area contributed by atoms with Gasteiger partial charge in [0.15, 0.2) is 0 Å². The second-order valence-electron chi connectivity index (χ2n) is 3.48. The van der Waals surface area contributed by atoms with E-state index in [1.165, 1.54) is 0 Å². The number of nitrogens with two attached hydrogens (primary N) is 1. The summed E-state index contributed by atoms with van der Waals surface area (Å²) in [5.41, 5.74) is 7.85. The van der Waals surface area contributed by atoms with Crippen molar-refractivity contribution in [1.29, 1.82) is 0 Å². The molecule has 0 fully saturated rings. The molecule has 1 aliphatic rings. The molecule has 1 heterocycles. The molecule has 0 saturated heterocycles. The van der Waals surface area contributed by atoms with Gasteiger partial charge in [0.2, 0.25) is 5.16 Å². The van der Waals surface area contributed by atoms with Crippen LogP contribution in [0.5, 0.6) is 0 Å². The van der Waals surface area contributed by atoms with Gasteiger partial charge in [-0.3, -0.25) is 4.21 Å². The van der Waals surface area contributed by atoms with E-state index in [2.05, 4.69) is 9.97 Å². The molecule has 0 radical (unpaired) electrons. The first kappa shape index (κ1) is 9.58. The van der Waals surface area contributed by atoms with Crippen LogP contribution in [0.1, 0.15) is 24.1 Å². The van der Waals surface area contributed by atoms with Gasteiger partial charge >= 0.3 is 0 Å². The number of hydrogen-bond acceptors (Lipinski definition) is 4. The molecule has 1 aromatic heterocycles. The van der Waals surface area contributed by atoms with Crippen LogP contribution in [0, 0.1) is 0 Å². The summed E-state index contributed by atoms with van der Waals surface area (Å²) >= 11 is 0. The van der Waals surface area contributed by atoms with Crippen molar-refractivity contribution in [3.8, 4) is 0 Å². The first-order chi connectivity index (χ1) is 6.68. The van der Waals surface area contributed by atoms with Crippen molar-refractivity contribution >= 4 is 16.6 Å². The van der Waals surface area contributed by atoms with Gasteiger partial charge in [-0.25, -0.2) is 9.97 Å². The highest BCUT2D eigenvalue weighted by Crippen LogP contribution is 2.23. The van der Waals surface area contributed by atoms with E-state index in [1.54, 1.807) is 6.26 Å². The number of aromatic nitrogens is 2. The summed E-state index contributed by atoms with van der Waals surface area (Å²) in [6.45, 7) is 0. The van der Waals surface area contributed by atoms with Crippen LogP contribution in [-0.2, 0) is 23.6 Å². The molecule has 1 unspecified atom stereocenters. The van der Waals surface area contributed by atoms with Crippen molar-refractivity contribution in [2.75, 3.05) is 12.0 Å². The number of nitrogens with zero attached hydrogens (tertiary/aromatic N) is 2. The number of nitrogen functional groups attached to an aromatic ring is 1. The zero-order chi connectivity index (χ0) is 10.1. The third-order valence-corrected chi connectivity index (χ3v) is 3.15. The largest absolute Gasteiger partial charge is 0.383 e. The van der Waals surface area contributed by atoms with Crippen molar-refractivity contribution in [2.45, 2.75) is 30.8 Å². The van der Waals surface area contributed by atoms with Crippen molar-refractivity contribution in [3.05, 3.63) is 11.3 Å². The summed E-state index contributed by atoms with van der Waals surface area (Å²) in [5, 5.41) is 0.364. The van der Waals surface area contributed by atoms with E-state index < -0.39 is 10.8 Å². The fourth-order valence-electron chi connectivity index (χ4n) is 1.73. The van der Waals surface area contributed by atoms with Crippen LogP contribution in [0.2, 0.25) is 0 Å². The summed E-state index contributed by atoms with van der Waals surface area (Å²) in [6.07, 6.45) is 5.75. The lowest BCUT2D eigenvalue weighted by Gasteiger charge is -2.16. The average molecular weight is 211 g/mol. The molecule has 5 heteroatoms. The maximum atomic E-state index is 11.2. The number of anilines is 1. The van der Waals surface area contributed by atoms with E-state index in [9.17, 15) is 4.21 Å². The summed E-state index contributed by atoms with van der Waals surface area (Å²) < 4.78 is 11.2. The Bertz CT molecular complexity index is 392. The van der Waals surface area contributed by atoms with Gasteiger partial charge in [0, 0.05) is 11.8 Å². The molecular formula is C9H13N3OS. The third kappa shape index (κ3) is 1.64. The lowest BCUT2D eigenvalue weighted by atomic mass is 9.97. The summed E-state index contributed by atoms with van der Waals surface area (Å²) in [4.78, 5) is 8.33. The van der Waals surface area contributed by atoms with E-state index >= 15 is 0 Å². The van der Waals surface area contributed by atoms with Gasteiger partial charge in [-0.1, -0.05) is 0 Å². The van der Waals surface area contributed by atoms with Crippen LogP contribution in [0.25, 0.3) is 0 Å². The van der Waals surface area contributed by atoms with Gasteiger partial charge in [0.05, 0.1) is 16.5 Å². The Morgan fingerprint density at radius 1 is 1.29 bits per heavy atom. The minimum Gasteiger partial charge on any atom is -0.383 e. The standard InChI is InChI=1S/C9H13N3OS/c1-14(13)9-11-7-5-3-2-4-6(7)8(10)12-9/h2-5H2,1H3,(H2,10,11,12). The molecule has 2 rings (SSSR count). The van der Waals surface area contributed by atoms with E-state index in [4.69, 9.17) is 5.73 Å². The highest BCUT2D eigenvalue weighted by Gasteiger charge is 2.16. The molecule has 76 valence electrons. The predicted molar refractivity (Wildman–Crippen MR) is 55.4 cm³/mol. The zero-order valence-corrected chi connectivity index (χ0v) is 8.93. The summed E-state index contributed by atoms with van der Waals surface area (Å²) in [7, 11) is -1.14. The van der Waals surface area contributed by atoms with Crippen molar-refractivity contribution in [3.63, 3.8) is 0 Å². The molecule has 0 saturated carbocycles. The van der Waals surface area contributed by atoms with Crippen molar-refractivity contribution < 1.29 is 4.21 Å². The Labute approximate surface area is 85.4 Å². The highest BCUT2D eigenvalue weighted by molar-refractivity contribution is 7.84. The summed E-state index contributed by atoms with van der Waals surface area (Å²) in [5.74, 6) is 0.514. The average Bonchev–Trinajstić information content (AvgIpc) is 2.17. The number of rotatable bonds is 1. The lowest BCUT2D eigenvalue weighted by molar-refractivity contribution is 0.644. The molecule has 0 aromatic carbocycles. The SMILES string of the molecule is CS(=O)c1nc(N)c2c(n1)CCCC2. The minimum absolute atomic E-state index is 0.364. The van der Waals surface area contributed by atoms with Crippen LogP contribution in [0.4, 0.5) is 5.82 Å². The number of aryl methyl sites for hydroxylation is 1. The molecule has 0 amide bonds. The first-order valence-electron chi connectivity index (χ1n) is 4.67. The minimum atomic E-state index is -1.14. The van der Waals surface area contributed by atoms with Gasteiger partial charge in [-0.15, -0.1) is 0 Å². The van der Waals surface area contributed by atoms with Crippen molar-refractivity contribution in [1.82, 2.24) is 9.97 Å². The van der Waals surface area contributed by atoms with Crippen LogP contribution < -0.4 is 5.73 Å². The maximum absolute atomic E-state index is 11.2. The van der Waals surface area contributed by atoms with Crippen LogP contribution in [-0.4, -0.2) is 20.4 Å². The predicted octanol–water partition coefficient (Wildman–Crippen LogP) is 0.675. The van der Waals surface area contributed by atoms with Gasteiger partial charge in [-0.2, -0.15) is 0 Å². The molecular weight excluding hydrogens is 198 g/mol. The van der Waals surface area contributed by atoms with Crippen LogP contribution >= 0.6 is 0 Å². The Kier molecular flexibility index (Phi) is 2.50. The molecule has 1 aliphatic carbocycles. The molecule has 0 spiro atoms. The van der Waals surface area contributed by atoms with Crippen LogP contribution in [0.3, 0.4) is 0 Å². The Hall–Kier alpha value is -0.970. The fraction of sp³-hybridized carbons (Fsp3) is 0.556. The highest BCUT2D eigenvalue weighted by atomic mass is 32.2. The van der Waals surface area contributed by atoms with Gasteiger partial charge < -0.3 is 5.73 Å². The van der Waals surface area contributed by atoms with Crippen molar-refractivity contribution in [2.24, 2.45) is 0 Å². The molecule has 4 nitrogen and oxygen atoms in total. The van der Waals surface area contributed by atoms with E-state index in [1.807, 2.05) is 0 Å². The quantitative estimate of drug-likeness (QED) is 0.693. The molecule has 0 aliphatic heterocycles. The van der Waals surface area contributed by atoms with Gasteiger partial charge in [-0.05, 0) is 25.7 Å². The topological polar surface area (TPSA) is 68.9 Å².